The van der Waals surface area contributed by atoms with Gasteiger partial charge in [0, 0.05) is 25.0 Å². The van der Waals surface area contributed by atoms with E-state index in [1.165, 1.54) is 24.0 Å². The lowest BCUT2D eigenvalue weighted by atomic mass is 10.4. The molecule has 4 N–H and O–H groups in total. The molecule has 0 aliphatic heterocycles. The number of primary amides is 1. The summed E-state index contributed by atoms with van der Waals surface area (Å²) in [7, 11) is 1.64. The average Bonchev–Trinajstić information content (AvgIpc) is 2.37. The molecule has 0 aliphatic rings. The predicted molar refractivity (Wildman–Crippen MR) is 75.1 cm³/mol. The van der Waals surface area contributed by atoms with E-state index in [0.29, 0.717) is 16.6 Å². The zero-order chi connectivity index (χ0) is 14.3. The molecule has 1 heterocycles. The number of thioether (sulfide) groups is 1. The summed E-state index contributed by atoms with van der Waals surface area (Å²) in [6.45, 7) is 3.29. The summed E-state index contributed by atoms with van der Waals surface area (Å²) in [5, 5.41) is 6.27. The van der Waals surface area contributed by atoms with Crippen molar-refractivity contribution in [1.82, 2.24) is 10.3 Å². The Balaban J connectivity index is 2.64. The minimum Gasteiger partial charge on any atom is -0.381 e. The number of amides is 1. The van der Waals surface area contributed by atoms with Gasteiger partial charge in [-0.1, -0.05) is 11.8 Å². The third-order valence-electron chi connectivity index (χ3n) is 2.05. The maximum atomic E-state index is 12.8. The Bertz CT molecular complexity index is 506. The average molecular weight is 283 g/mol. The summed E-state index contributed by atoms with van der Waals surface area (Å²) in [5.74, 6) is -0.835. The van der Waals surface area contributed by atoms with Crippen molar-refractivity contribution in [2.45, 2.75) is 0 Å². The van der Waals surface area contributed by atoms with Crippen LogP contribution in [0.1, 0.15) is 0 Å². The lowest BCUT2D eigenvalue weighted by Gasteiger charge is -2.10. The smallest absolute Gasteiger partial charge is 0.269 e. The number of rotatable bonds is 7. The highest BCUT2D eigenvalue weighted by molar-refractivity contribution is 8.03. The van der Waals surface area contributed by atoms with Crippen LogP contribution in [0.25, 0.3) is 0 Å². The molecule has 0 saturated heterocycles. The van der Waals surface area contributed by atoms with Crippen LogP contribution >= 0.6 is 11.8 Å². The van der Waals surface area contributed by atoms with Crippen LogP contribution in [0.4, 0.5) is 10.1 Å². The zero-order valence-corrected chi connectivity index (χ0v) is 11.1. The Hall–Kier alpha value is -2.09. The Labute approximate surface area is 114 Å². The molecule has 1 amide bonds. The van der Waals surface area contributed by atoms with E-state index in [2.05, 4.69) is 27.3 Å². The van der Waals surface area contributed by atoms with Gasteiger partial charge in [-0.05, 0) is 12.8 Å². The molecule has 0 aromatic carbocycles. The Kier molecular flexibility index (Phi) is 5.80. The topological polar surface area (TPSA) is 92.4 Å². The second-order valence-corrected chi connectivity index (χ2v) is 4.27. The van der Waals surface area contributed by atoms with Gasteiger partial charge in [0.2, 0.25) is 5.95 Å². The van der Waals surface area contributed by atoms with Crippen LogP contribution in [0.15, 0.2) is 34.0 Å². The molecule has 0 fully saturated rings. The van der Waals surface area contributed by atoms with Gasteiger partial charge in [-0.3, -0.25) is 9.79 Å². The van der Waals surface area contributed by atoms with Crippen LogP contribution in [0.2, 0.25) is 0 Å². The van der Waals surface area contributed by atoms with E-state index in [1.807, 2.05) is 0 Å². The highest BCUT2D eigenvalue weighted by atomic mass is 32.2. The number of nitrogens with two attached hydrogens (primary N) is 1. The van der Waals surface area contributed by atoms with Crippen molar-refractivity contribution in [3.05, 3.63) is 35.0 Å². The molecule has 6 nitrogen and oxygen atoms in total. The fourth-order valence-electron chi connectivity index (χ4n) is 1.22. The Morgan fingerprint density at radius 2 is 2.42 bits per heavy atom. The molecule has 8 heteroatoms. The number of carbonyl (C=O) groups is 1. The summed E-state index contributed by atoms with van der Waals surface area (Å²) in [6, 6.07) is 2.90. The van der Waals surface area contributed by atoms with Gasteiger partial charge in [0.05, 0.1) is 5.88 Å². The van der Waals surface area contributed by atoms with E-state index in [0.717, 1.165) is 0 Å². The van der Waals surface area contributed by atoms with E-state index in [4.69, 9.17) is 5.73 Å². The molecule has 102 valence electrons. The first kappa shape index (κ1) is 15.0. The van der Waals surface area contributed by atoms with Crippen molar-refractivity contribution in [2.75, 3.05) is 18.2 Å². The molecule has 0 aliphatic carbocycles. The molecule has 1 rings (SSSR count). The lowest BCUT2D eigenvalue weighted by molar-refractivity contribution is -0.114. The lowest BCUT2D eigenvalue weighted by Crippen LogP contribution is -2.19. The van der Waals surface area contributed by atoms with Gasteiger partial charge < -0.3 is 16.4 Å². The van der Waals surface area contributed by atoms with E-state index in [9.17, 15) is 9.18 Å². The summed E-state index contributed by atoms with van der Waals surface area (Å²) in [5.41, 5.74) is 5.82. The molecular formula is C11H14FN5OS. The van der Waals surface area contributed by atoms with E-state index in [-0.39, 0.29) is 5.70 Å². The van der Waals surface area contributed by atoms with Crippen molar-refractivity contribution in [3.63, 3.8) is 0 Å². The van der Waals surface area contributed by atoms with Gasteiger partial charge in [0.15, 0.2) is 5.70 Å². The maximum absolute atomic E-state index is 12.8. The normalized spacial score (nSPS) is 11.5. The SMILES string of the molecule is C=N/C(C(N)=O)=C(/NC)SCNc1ccnc(F)c1. The number of carbonyl (C=O) groups excluding carboxylic acids is 1. The van der Waals surface area contributed by atoms with Crippen molar-refractivity contribution in [1.29, 1.82) is 0 Å². The molecule has 0 atom stereocenters. The number of aliphatic imine (C=N–C) groups is 1. The minimum atomic E-state index is -0.665. The highest BCUT2D eigenvalue weighted by Gasteiger charge is 2.10. The van der Waals surface area contributed by atoms with E-state index in [1.54, 1.807) is 13.1 Å². The standard InChI is InChI=1S/C11H14FN5OS/c1-14-9(10(13)18)11(15-2)19-6-17-7-3-4-16-8(12)5-7/h3-5,15H,1,6H2,2H3,(H2,13,18)(H,16,17)/b11-9-. The van der Waals surface area contributed by atoms with Crippen LogP contribution in [0.5, 0.6) is 0 Å². The summed E-state index contributed by atoms with van der Waals surface area (Å²) < 4.78 is 12.8. The van der Waals surface area contributed by atoms with Gasteiger partial charge in [-0.25, -0.2) is 4.98 Å². The van der Waals surface area contributed by atoms with E-state index < -0.39 is 11.9 Å². The highest BCUT2D eigenvalue weighted by Crippen LogP contribution is 2.18. The monoisotopic (exact) mass is 283 g/mol. The van der Waals surface area contributed by atoms with E-state index >= 15 is 0 Å². The molecule has 19 heavy (non-hydrogen) atoms. The molecule has 1 aromatic heterocycles. The summed E-state index contributed by atoms with van der Waals surface area (Å²) >= 11 is 1.26. The largest absolute Gasteiger partial charge is 0.381 e. The van der Waals surface area contributed by atoms with Gasteiger partial charge in [0.25, 0.3) is 5.91 Å². The van der Waals surface area contributed by atoms with Gasteiger partial charge in [0.1, 0.15) is 5.03 Å². The first-order chi connectivity index (χ1) is 9.08. The second kappa shape index (κ2) is 7.37. The fraction of sp³-hybridized carbons (Fsp3) is 0.182. The molecule has 0 unspecified atom stereocenters. The third kappa shape index (κ3) is 4.59. The predicted octanol–water partition coefficient (Wildman–Crippen LogP) is 0.898. The van der Waals surface area contributed by atoms with Crippen LogP contribution in [-0.4, -0.2) is 30.5 Å². The first-order valence-electron chi connectivity index (χ1n) is 5.25. The quantitative estimate of drug-likeness (QED) is 0.299. The number of aromatic nitrogens is 1. The number of hydrogen-bond acceptors (Lipinski definition) is 6. The van der Waals surface area contributed by atoms with Gasteiger partial charge >= 0.3 is 0 Å². The number of pyridine rings is 1. The molecule has 0 bridgehead atoms. The number of halogens is 1. The number of hydrogen-bond donors (Lipinski definition) is 3. The van der Waals surface area contributed by atoms with Crippen LogP contribution in [0, 0.1) is 5.95 Å². The van der Waals surface area contributed by atoms with Crippen LogP contribution < -0.4 is 16.4 Å². The minimum absolute atomic E-state index is 0.0650. The Morgan fingerprint density at radius 3 is 2.95 bits per heavy atom. The number of nitrogens with zero attached hydrogens (tertiary/aromatic N) is 2. The van der Waals surface area contributed by atoms with Crippen LogP contribution in [-0.2, 0) is 4.79 Å². The number of nitrogens with one attached hydrogen (secondary N) is 2. The van der Waals surface area contributed by atoms with Crippen molar-refractivity contribution >= 4 is 30.1 Å². The molecule has 0 spiro atoms. The molecule has 0 radical (unpaired) electrons. The summed E-state index contributed by atoms with van der Waals surface area (Å²) in [6.07, 6.45) is 1.36. The zero-order valence-electron chi connectivity index (χ0n) is 10.3. The third-order valence-corrected chi connectivity index (χ3v) is 3.03. The van der Waals surface area contributed by atoms with Crippen LogP contribution in [0.3, 0.4) is 0 Å². The Morgan fingerprint density at radius 1 is 1.68 bits per heavy atom. The molecule has 0 saturated carbocycles. The summed E-state index contributed by atoms with van der Waals surface area (Å²) in [4.78, 5) is 18.1. The van der Waals surface area contributed by atoms with Gasteiger partial charge in [-0.15, -0.1) is 0 Å². The van der Waals surface area contributed by atoms with Gasteiger partial charge in [-0.2, -0.15) is 4.39 Å². The molecular weight excluding hydrogens is 269 g/mol. The molecule has 1 aromatic rings. The van der Waals surface area contributed by atoms with Crippen molar-refractivity contribution in [3.8, 4) is 0 Å². The van der Waals surface area contributed by atoms with Crippen molar-refractivity contribution < 1.29 is 9.18 Å². The second-order valence-electron chi connectivity index (χ2n) is 3.28. The first-order valence-corrected chi connectivity index (χ1v) is 6.23. The fourth-order valence-corrected chi connectivity index (χ4v) is 2.05. The van der Waals surface area contributed by atoms with Crippen molar-refractivity contribution in [2.24, 2.45) is 10.7 Å². The number of anilines is 1. The maximum Gasteiger partial charge on any atom is 0.269 e.